The van der Waals surface area contributed by atoms with E-state index in [0.717, 1.165) is 12.0 Å². The average molecular weight is 465 g/mol. The number of sulfonamides is 1. The predicted octanol–water partition coefficient (Wildman–Crippen LogP) is 4.22. The fraction of sp³-hybridized carbons (Fsp3) is 0.368. The highest BCUT2D eigenvalue weighted by atomic mass is 32.2. The highest BCUT2D eigenvalue weighted by molar-refractivity contribution is 7.93. The molecule has 3 rings (SSSR count). The van der Waals surface area contributed by atoms with Crippen LogP contribution in [0, 0.1) is 22.7 Å². The highest BCUT2D eigenvalue weighted by Gasteiger charge is 2.46. The van der Waals surface area contributed by atoms with E-state index in [1.807, 2.05) is 24.0 Å². The summed E-state index contributed by atoms with van der Waals surface area (Å²) < 4.78 is 65.3. The normalized spacial score (nSPS) is 14.2. The molecular formula is C19H18F3N7O2S. The third kappa shape index (κ3) is 4.24. The Bertz CT molecular complexity index is 1270. The van der Waals surface area contributed by atoms with Crippen LogP contribution < -0.4 is 9.62 Å². The minimum Gasteiger partial charge on any atom is -0.372 e. The van der Waals surface area contributed by atoms with Gasteiger partial charge in [-0.1, -0.05) is 0 Å². The number of hydrogen-bond donors (Lipinski definition) is 1. The molecule has 1 aliphatic heterocycles. The van der Waals surface area contributed by atoms with Gasteiger partial charge in [0, 0.05) is 31.9 Å². The molecule has 0 saturated heterocycles. The van der Waals surface area contributed by atoms with Gasteiger partial charge < -0.3 is 9.47 Å². The molecule has 0 aliphatic carbocycles. The Labute approximate surface area is 182 Å². The van der Waals surface area contributed by atoms with Crippen LogP contribution in [0.3, 0.4) is 0 Å². The third-order valence-corrected chi connectivity index (χ3v) is 6.13. The van der Waals surface area contributed by atoms with E-state index in [1.54, 1.807) is 4.72 Å². The summed E-state index contributed by atoms with van der Waals surface area (Å²) >= 11 is 0. The van der Waals surface area contributed by atoms with E-state index in [1.165, 1.54) is 29.8 Å². The highest BCUT2D eigenvalue weighted by Crippen LogP contribution is 2.39. The van der Waals surface area contributed by atoms with E-state index in [0.29, 0.717) is 25.2 Å². The Morgan fingerprint density at radius 2 is 1.91 bits per heavy atom. The Balaban J connectivity index is 2.12. The summed E-state index contributed by atoms with van der Waals surface area (Å²) in [4.78, 5) is 1.93. The summed E-state index contributed by atoms with van der Waals surface area (Å²) in [6.07, 6.45) is 1.46. The Morgan fingerprint density at radius 3 is 2.47 bits per heavy atom. The number of halogens is 3. The lowest BCUT2D eigenvalue weighted by atomic mass is 10.0. The number of aromatic nitrogens is 1. The minimum atomic E-state index is -5.69. The van der Waals surface area contributed by atoms with Crippen molar-refractivity contribution in [3.63, 3.8) is 0 Å². The van der Waals surface area contributed by atoms with Crippen molar-refractivity contribution in [2.45, 2.75) is 25.3 Å². The maximum absolute atomic E-state index is 13.0. The second kappa shape index (κ2) is 8.51. The largest absolute Gasteiger partial charge is 0.516 e. The lowest BCUT2D eigenvalue weighted by Gasteiger charge is -2.31. The number of alkyl halides is 3. The van der Waals surface area contributed by atoms with Crippen LogP contribution in [0.15, 0.2) is 28.4 Å². The number of nitrogens with one attached hydrogen (secondary N) is 1. The number of aryl methyl sites for hydroxylation is 1. The fourth-order valence-electron chi connectivity index (χ4n) is 3.40. The molecule has 1 aromatic carbocycles. The first-order valence-electron chi connectivity index (χ1n) is 9.45. The molecule has 32 heavy (non-hydrogen) atoms. The molecule has 0 spiro atoms. The van der Waals surface area contributed by atoms with E-state index in [9.17, 15) is 26.9 Å². The summed E-state index contributed by atoms with van der Waals surface area (Å²) in [6.45, 7) is 3.17. The van der Waals surface area contributed by atoms with E-state index >= 15 is 0 Å². The zero-order chi connectivity index (χ0) is 23.7. The second-order valence-electron chi connectivity index (χ2n) is 6.98. The summed E-state index contributed by atoms with van der Waals surface area (Å²) in [5.41, 5.74) is -4.48. The molecule has 1 aromatic heterocycles. The summed E-state index contributed by atoms with van der Waals surface area (Å²) in [5, 5.41) is 26.2. The van der Waals surface area contributed by atoms with Crippen molar-refractivity contribution in [1.82, 2.24) is 4.57 Å². The van der Waals surface area contributed by atoms with Gasteiger partial charge in [0.15, 0.2) is 5.82 Å². The molecule has 0 bridgehead atoms. The van der Waals surface area contributed by atoms with Crippen LogP contribution in [0.1, 0.15) is 30.2 Å². The standard InChI is InChI=1S/C19H18F3N7O2S/c1-3-29-6-4-5-12-7-14(15(9-16(12)29)27-32(30,31)19(20,21)22)25-26-18-8-13(10-23)17(11-24)28(18)2/h7-9,27H,3-6H2,1-2H3/b26-25+. The second-order valence-corrected chi connectivity index (χ2v) is 8.65. The van der Waals surface area contributed by atoms with Gasteiger partial charge in [0.2, 0.25) is 0 Å². The molecule has 168 valence electrons. The maximum atomic E-state index is 13.0. The van der Waals surface area contributed by atoms with Gasteiger partial charge in [-0.3, -0.25) is 4.72 Å². The van der Waals surface area contributed by atoms with Crippen LogP contribution in [0.25, 0.3) is 0 Å². The molecule has 1 aliphatic rings. The molecule has 2 heterocycles. The van der Waals surface area contributed by atoms with Crippen LogP contribution in [-0.4, -0.2) is 31.6 Å². The smallest absolute Gasteiger partial charge is 0.372 e. The molecular weight excluding hydrogens is 447 g/mol. The van der Waals surface area contributed by atoms with Crippen LogP contribution >= 0.6 is 0 Å². The van der Waals surface area contributed by atoms with Crippen molar-refractivity contribution in [2.24, 2.45) is 17.3 Å². The summed E-state index contributed by atoms with van der Waals surface area (Å²) in [5.74, 6) is 0.107. The fourth-order valence-corrected chi connectivity index (χ4v) is 3.97. The van der Waals surface area contributed by atoms with Crippen molar-refractivity contribution < 1.29 is 21.6 Å². The van der Waals surface area contributed by atoms with Crippen molar-refractivity contribution in [1.29, 1.82) is 10.5 Å². The van der Waals surface area contributed by atoms with Crippen LogP contribution in [0.4, 0.5) is 36.1 Å². The van der Waals surface area contributed by atoms with Crippen molar-refractivity contribution >= 4 is 32.9 Å². The van der Waals surface area contributed by atoms with Crippen molar-refractivity contribution in [3.8, 4) is 12.1 Å². The molecule has 2 aromatic rings. The first kappa shape index (κ1) is 23.1. The molecule has 1 N–H and O–H groups in total. The van der Waals surface area contributed by atoms with Gasteiger partial charge >= 0.3 is 15.5 Å². The van der Waals surface area contributed by atoms with Crippen LogP contribution in [-0.2, 0) is 23.5 Å². The van der Waals surface area contributed by atoms with Crippen LogP contribution in [0.5, 0.6) is 0 Å². The molecule has 0 unspecified atom stereocenters. The number of nitrogens with zero attached hydrogens (tertiary/aromatic N) is 6. The van der Waals surface area contributed by atoms with Gasteiger partial charge in [0.05, 0.1) is 11.3 Å². The first-order chi connectivity index (χ1) is 15.0. The van der Waals surface area contributed by atoms with E-state index in [2.05, 4.69) is 10.2 Å². The number of anilines is 2. The Morgan fingerprint density at radius 1 is 1.19 bits per heavy atom. The monoisotopic (exact) mass is 465 g/mol. The maximum Gasteiger partial charge on any atom is 0.516 e. The average Bonchev–Trinajstić information content (AvgIpc) is 3.05. The number of nitriles is 2. The lowest BCUT2D eigenvalue weighted by Crippen LogP contribution is -2.31. The van der Waals surface area contributed by atoms with Gasteiger partial charge in [-0.25, -0.2) is 0 Å². The van der Waals surface area contributed by atoms with Crippen LogP contribution in [0.2, 0.25) is 0 Å². The van der Waals surface area contributed by atoms with Gasteiger partial charge in [0.25, 0.3) is 0 Å². The van der Waals surface area contributed by atoms with Gasteiger partial charge in [-0.2, -0.15) is 32.1 Å². The first-order valence-corrected chi connectivity index (χ1v) is 10.9. The Hall–Kier alpha value is -3.58. The number of hydrogen-bond acceptors (Lipinski definition) is 7. The number of benzene rings is 1. The zero-order valence-corrected chi connectivity index (χ0v) is 17.9. The van der Waals surface area contributed by atoms with Crippen molar-refractivity contribution in [2.75, 3.05) is 22.7 Å². The number of fused-ring (bicyclic) bond motifs is 1. The quantitative estimate of drug-likeness (QED) is 0.662. The van der Waals surface area contributed by atoms with E-state index < -0.39 is 15.5 Å². The number of rotatable bonds is 5. The van der Waals surface area contributed by atoms with E-state index in [-0.39, 0.29) is 28.5 Å². The zero-order valence-electron chi connectivity index (χ0n) is 17.1. The van der Waals surface area contributed by atoms with Crippen molar-refractivity contribution in [3.05, 3.63) is 35.0 Å². The number of azo groups is 1. The Kier molecular flexibility index (Phi) is 6.14. The lowest BCUT2D eigenvalue weighted by molar-refractivity contribution is -0.0429. The van der Waals surface area contributed by atoms with Gasteiger partial charge in [0.1, 0.15) is 23.5 Å². The molecule has 0 radical (unpaired) electrons. The third-order valence-electron chi connectivity index (χ3n) is 5.04. The predicted molar refractivity (Wildman–Crippen MR) is 110 cm³/mol. The molecule has 0 saturated carbocycles. The SMILES string of the molecule is CCN1CCCc2cc(/N=N/c3cc(C#N)c(C#N)n3C)c(NS(=O)(=O)C(F)(F)F)cc21. The minimum absolute atomic E-state index is 0.0449. The molecule has 9 nitrogen and oxygen atoms in total. The molecule has 0 atom stereocenters. The van der Waals surface area contributed by atoms with Gasteiger partial charge in [-0.05, 0) is 37.5 Å². The summed E-state index contributed by atoms with van der Waals surface area (Å²) in [7, 11) is -4.21. The topological polar surface area (TPSA) is 127 Å². The summed E-state index contributed by atoms with van der Waals surface area (Å²) in [6, 6.07) is 7.83. The van der Waals surface area contributed by atoms with E-state index in [4.69, 9.17) is 5.26 Å². The molecule has 13 heteroatoms. The molecule has 0 amide bonds. The van der Waals surface area contributed by atoms with Gasteiger partial charge in [-0.15, -0.1) is 10.2 Å². The molecule has 0 fully saturated rings.